The molecule has 1 saturated carbocycles. The number of hydrogen-bond donors (Lipinski definition) is 2. The van der Waals surface area contributed by atoms with E-state index in [4.69, 9.17) is 4.74 Å². The molecule has 0 aliphatic heterocycles. The molecule has 0 heterocycles. The van der Waals surface area contributed by atoms with Crippen LogP contribution in [0.3, 0.4) is 0 Å². The lowest BCUT2D eigenvalue weighted by atomic mass is 10.0. The Bertz CT molecular complexity index is 468. The van der Waals surface area contributed by atoms with Crippen LogP contribution < -0.4 is 10.1 Å². The van der Waals surface area contributed by atoms with Crippen molar-refractivity contribution in [2.75, 3.05) is 12.4 Å². The molecule has 1 fully saturated rings. The third kappa shape index (κ3) is 3.18. The molecule has 0 spiro atoms. The maximum Gasteiger partial charge on any atom is 0.143 e. The zero-order chi connectivity index (χ0) is 13.7. The molecule has 4 nitrogen and oxygen atoms in total. The average Bonchev–Trinajstić information content (AvgIpc) is 2.64. The number of rotatable bonds is 3. The van der Waals surface area contributed by atoms with Gasteiger partial charge in [0.2, 0.25) is 0 Å². The summed E-state index contributed by atoms with van der Waals surface area (Å²) in [5, 5.41) is 22.6. The van der Waals surface area contributed by atoms with Crippen molar-refractivity contribution in [3.63, 3.8) is 0 Å². The summed E-state index contributed by atoms with van der Waals surface area (Å²) < 4.78 is 5.30. The fraction of sp³-hybridized carbons (Fsp3) is 0.533. The Balaban J connectivity index is 2.24. The monoisotopic (exact) mass is 260 g/mol. The summed E-state index contributed by atoms with van der Waals surface area (Å²) in [7, 11) is 1.59. The van der Waals surface area contributed by atoms with Gasteiger partial charge < -0.3 is 15.2 Å². The van der Waals surface area contributed by atoms with Gasteiger partial charge in [-0.05, 0) is 25.0 Å². The quantitative estimate of drug-likeness (QED) is 0.820. The normalized spacial score (nSPS) is 23.2. The topological polar surface area (TPSA) is 65.3 Å². The highest BCUT2D eigenvalue weighted by Crippen LogP contribution is 2.31. The number of anilines is 1. The largest absolute Gasteiger partial charge is 0.495 e. The minimum atomic E-state index is -0.362. The lowest BCUT2D eigenvalue weighted by molar-refractivity contribution is 0.144. The average molecular weight is 260 g/mol. The molecule has 1 aliphatic rings. The van der Waals surface area contributed by atoms with E-state index in [1.165, 1.54) is 0 Å². The first-order valence-electron chi connectivity index (χ1n) is 6.78. The maximum atomic E-state index is 10.2. The highest BCUT2D eigenvalue weighted by molar-refractivity contribution is 5.66. The summed E-state index contributed by atoms with van der Waals surface area (Å²) in [6, 6.07) is 7.54. The molecule has 19 heavy (non-hydrogen) atoms. The molecule has 1 aromatic rings. The Hall–Kier alpha value is -1.73. The number of para-hydroxylation sites is 1. The van der Waals surface area contributed by atoms with E-state index in [9.17, 15) is 10.4 Å². The Kier molecular flexibility index (Phi) is 4.64. The number of ether oxygens (including phenoxy) is 1. The molecule has 102 valence electrons. The van der Waals surface area contributed by atoms with Crippen molar-refractivity contribution < 1.29 is 9.84 Å². The van der Waals surface area contributed by atoms with E-state index in [0.29, 0.717) is 17.0 Å². The van der Waals surface area contributed by atoms with Gasteiger partial charge in [-0.1, -0.05) is 25.3 Å². The molecule has 1 aliphatic carbocycles. The lowest BCUT2D eigenvalue weighted by Crippen LogP contribution is -2.32. The van der Waals surface area contributed by atoms with E-state index in [0.717, 1.165) is 32.1 Å². The number of methoxy groups -OCH3 is 1. The highest BCUT2D eigenvalue weighted by Gasteiger charge is 2.23. The number of aliphatic hydroxyl groups is 1. The van der Waals surface area contributed by atoms with E-state index < -0.39 is 0 Å². The van der Waals surface area contributed by atoms with Gasteiger partial charge in [-0.15, -0.1) is 0 Å². The molecular formula is C15H20N2O2. The Morgan fingerprint density at radius 3 is 2.84 bits per heavy atom. The van der Waals surface area contributed by atoms with E-state index in [-0.39, 0.29) is 12.1 Å². The molecule has 2 rings (SSSR count). The van der Waals surface area contributed by atoms with Gasteiger partial charge >= 0.3 is 0 Å². The maximum absolute atomic E-state index is 10.2. The lowest BCUT2D eigenvalue weighted by Gasteiger charge is -2.24. The minimum Gasteiger partial charge on any atom is -0.495 e. The molecule has 0 saturated heterocycles. The second-order valence-electron chi connectivity index (χ2n) is 4.95. The summed E-state index contributed by atoms with van der Waals surface area (Å²) in [6.45, 7) is 0. The van der Waals surface area contributed by atoms with Crippen LogP contribution in [0.15, 0.2) is 18.2 Å². The second-order valence-corrected chi connectivity index (χ2v) is 4.95. The SMILES string of the molecule is COc1cccc(C#N)c1NC1CCCCCC1O. The third-order valence-corrected chi connectivity index (χ3v) is 3.68. The molecule has 2 N–H and O–H groups in total. The molecule has 4 heteroatoms. The van der Waals surface area contributed by atoms with E-state index in [2.05, 4.69) is 11.4 Å². The van der Waals surface area contributed by atoms with Crippen LogP contribution in [-0.2, 0) is 0 Å². The second kappa shape index (κ2) is 6.44. The van der Waals surface area contributed by atoms with Gasteiger partial charge in [0.1, 0.15) is 11.8 Å². The first kappa shape index (κ1) is 13.7. The summed E-state index contributed by atoms with van der Waals surface area (Å²) in [6.07, 6.45) is 4.70. The predicted octanol–water partition coefficient (Wildman–Crippen LogP) is 2.67. The van der Waals surface area contributed by atoms with Gasteiger partial charge in [-0.25, -0.2) is 0 Å². The molecule has 1 aromatic carbocycles. The number of benzene rings is 1. The zero-order valence-electron chi connectivity index (χ0n) is 11.2. The van der Waals surface area contributed by atoms with E-state index in [1.807, 2.05) is 6.07 Å². The van der Waals surface area contributed by atoms with Crippen molar-refractivity contribution in [3.05, 3.63) is 23.8 Å². The number of nitriles is 1. The number of hydrogen-bond acceptors (Lipinski definition) is 4. The molecule has 2 unspecified atom stereocenters. The van der Waals surface area contributed by atoms with E-state index >= 15 is 0 Å². The van der Waals surface area contributed by atoms with Crippen LogP contribution in [0.25, 0.3) is 0 Å². The minimum absolute atomic E-state index is 0.00843. The fourth-order valence-electron chi connectivity index (χ4n) is 2.59. The Labute approximate surface area is 114 Å². The Morgan fingerprint density at radius 1 is 1.32 bits per heavy atom. The van der Waals surface area contributed by atoms with Crippen LogP contribution in [0.4, 0.5) is 5.69 Å². The van der Waals surface area contributed by atoms with Crippen molar-refractivity contribution >= 4 is 5.69 Å². The van der Waals surface area contributed by atoms with Crippen molar-refractivity contribution in [3.8, 4) is 11.8 Å². The summed E-state index contributed by atoms with van der Waals surface area (Å²) in [4.78, 5) is 0. The number of aliphatic hydroxyl groups excluding tert-OH is 1. The van der Waals surface area contributed by atoms with Gasteiger partial charge in [-0.3, -0.25) is 0 Å². The van der Waals surface area contributed by atoms with Crippen molar-refractivity contribution in [1.82, 2.24) is 0 Å². The van der Waals surface area contributed by atoms with Gasteiger partial charge in [0, 0.05) is 0 Å². The Morgan fingerprint density at radius 2 is 2.11 bits per heavy atom. The van der Waals surface area contributed by atoms with Crippen molar-refractivity contribution in [2.45, 2.75) is 44.2 Å². The van der Waals surface area contributed by atoms with Crippen molar-refractivity contribution in [1.29, 1.82) is 5.26 Å². The van der Waals surface area contributed by atoms with Gasteiger partial charge in [0.15, 0.2) is 0 Å². The van der Waals surface area contributed by atoms with Crippen LogP contribution in [-0.4, -0.2) is 24.4 Å². The summed E-state index contributed by atoms with van der Waals surface area (Å²) in [5.41, 5.74) is 1.24. The molecule has 0 bridgehead atoms. The number of nitrogens with one attached hydrogen (secondary N) is 1. The standard InChI is InChI=1S/C15H20N2O2/c1-19-14-9-5-6-11(10-16)15(14)17-12-7-3-2-4-8-13(12)18/h5-6,9,12-13,17-18H,2-4,7-8H2,1H3. The van der Waals surface area contributed by atoms with Crippen LogP contribution in [0.5, 0.6) is 5.75 Å². The van der Waals surface area contributed by atoms with Gasteiger partial charge in [0.25, 0.3) is 0 Å². The fourth-order valence-corrected chi connectivity index (χ4v) is 2.59. The van der Waals surface area contributed by atoms with Crippen LogP contribution in [0.2, 0.25) is 0 Å². The van der Waals surface area contributed by atoms with Crippen LogP contribution >= 0.6 is 0 Å². The molecule has 0 amide bonds. The van der Waals surface area contributed by atoms with Crippen LogP contribution in [0, 0.1) is 11.3 Å². The van der Waals surface area contributed by atoms with Gasteiger partial charge in [0.05, 0.1) is 30.5 Å². The van der Waals surface area contributed by atoms with Crippen LogP contribution in [0.1, 0.15) is 37.7 Å². The molecule has 0 aromatic heterocycles. The van der Waals surface area contributed by atoms with E-state index in [1.54, 1.807) is 19.2 Å². The first-order chi connectivity index (χ1) is 9.26. The predicted molar refractivity (Wildman–Crippen MR) is 74.2 cm³/mol. The molecule has 2 atom stereocenters. The smallest absolute Gasteiger partial charge is 0.143 e. The third-order valence-electron chi connectivity index (χ3n) is 3.68. The number of nitrogens with zero attached hydrogens (tertiary/aromatic N) is 1. The molecule has 0 radical (unpaired) electrons. The molecular weight excluding hydrogens is 240 g/mol. The zero-order valence-corrected chi connectivity index (χ0v) is 11.2. The highest BCUT2D eigenvalue weighted by atomic mass is 16.5. The van der Waals surface area contributed by atoms with Crippen molar-refractivity contribution in [2.24, 2.45) is 0 Å². The summed E-state index contributed by atoms with van der Waals surface area (Å²) in [5.74, 6) is 0.649. The van der Waals surface area contributed by atoms with Gasteiger partial charge in [-0.2, -0.15) is 5.26 Å². The summed E-state index contributed by atoms with van der Waals surface area (Å²) >= 11 is 0. The first-order valence-corrected chi connectivity index (χ1v) is 6.78.